The van der Waals surface area contributed by atoms with Crippen LogP contribution in [0.4, 0.5) is 5.69 Å². The van der Waals surface area contributed by atoms with Gasteiger partial charge in [0.1, 0.15) is 0 Å². The Morgan fingerprint density at radius 3 is 2.50 bits per heavy atom. The minimum absolute atomic E-state index is 0.0511. The van der Waals surface area contributed by atoms with Crippen LogP contribution >= 0.6 is 0 Å². The maximum absolute atomic E-state index is 12.7. The number of carbonyl (C=O) groups excluding carboxylic acids is 1. The van der Waals surface area contributed by atoms with Crippen molar-refractivity contribution in [3.63, 3.8) is 0 Å². The summed E-state index contributed by atoms with van der Waals surface area (Å²) in [5.41, 5.74) is 2.59. The number of hydrogen-bond donors (Lipinski definition) is 1. The Kier molecular flexibility index (Phi) is 2.86. The Labute approximate surface area is 129 Å². The molecule has 1 aliphatic carbocycles. The fraction of sp³-hybridized carbons (Fsp3) is 0.278. The van der Waals surface area contributed by atoms with Gasteiger partial charge in [0, 0.05) is 5.69 Å². The van der Waals surface area contributed by atoms with Gasteiger partial charge in [-0.1, -0.05) is 23.8 Å². The van der Waals surface area contributed by atoms with Crippen LogP contribution in [0.15, 0.2) is 42.5 Å². The molecule has 1 amide bonds. The molecule has 2 aromatic rings. The monoisotopic (exact) mass is 295 g/mol. The van der Waals surface area contributed by atoms with Gasteiger partial charge in [-0.2, -0.15) is 0 Å². The summed E-state index contributed by atoms with van der Waals surface area (Å²) in [6.07, 6.45) is 1.73. The van der Waals surface area contributed by atoms with Crippen molar-refractivity contribution in [3.05, 3.63) is 53.6 Å². The lowest BCUT2D eigenvalue weighted by Crippen LogP contribution is -2.27. The van der Waals surface area contributed by atoms with Gasteiger partial charge in [-0.15, -0.1) is 0 Å². The molecule has 0 spiro atoms. The third-order valence-electron chi connectivity index (χ3n) is 4.42. The molecule has 0 unspecified atom stereocenters. The smallest absolute Gasteiger partial charge is 0.235 e. The highest BCUT2D eigenvalue weighted by Crippen LogP contribution is 2.51. The highest BCUT2D eigenvalue weighted by atomic mass is 16.7. The van der Waals surface area contributed by atoms with Crippen molar-refractivity contribution in [3.8, 4) is 11.5 Å². The highest BCUT2D eigenvalue weighted by molar-refractivity contribution is 6.01. The maximum atomic E-state index is 12.7. The van der Waals surface area contributed by atoms with Crippen LogP contribution in [-0.2, 0) is 10.2 Å². The zero-order valence-electron chi connectivity index (χ0n) is 12.4. The van der Waals surface area contributed by atoms with Crippen molar-refractivity contribution < 1.29 is 14.3 Å². The van der Waals surface area contributed by atoms with E-state index < -0.39 is 5.41 Å². The predicted molar refractivity (Wildman–Crippen MR) is 83.3 cm³/mol. The SMILES string of the molecule is Cc1ccc(NC(=O)C2(c3ccc4c(c3)OCO4)CC2)cc1. The molecule has 1 fully saturated rings. The Morgan fingerprint density at radius 2 is 1.77 bits per heavy atom. The van der Waals surface area contributed by atoms with Crippen molar-refractivity contribution >= 4 is 11.6 Å². The van der Waals surface area contributed by atoms with Crippen LogP contribution < -0.4 is 14.8 Å². The number of benzene rings is 2. The summed E-state index contributed by atoms with van der Waals surface area (Å²) in [5, 5.41) is 3.03. The number of anilines is 1. The van der Waals surface area contributed by atoms with E-state index in [1.165, 1.54) is 5.56 Å². The van der Waals surface area contributed by atoms with E-state index in [4.69, 9.17) is 9.47 Å². The zero-order valence-corrected chi connectivity index (χ0v) is 12.4. The molecular formula is C18H17NO3. The molecule has 2 aliphatic rings. The molecule has 0 bridgehead atoms. The molecule has 0 atom stereocenters. The number of carbonyl (C=O) groups is 1. The molecule has 0 aromatic heterocycles. The van der Waals surface area contributed by atoms with E-state index >= 15 is 0 Å². The van der Waals surface area contributed by atoms with E-state index in [1.54, 1.807) is 0 Å². The van der Waals surface area contributed by atoms with Crippen LogP contribution in [0.2, 0.25) is 0 Å². The normalized spacial score (nSPS) is 17.1. The second-order valence-electron chi connectivity index (χ2n) is 5.97. The number of aryl methyl sites for hydroxylation is 1. The molecule has 1 aliphatic heterocycles. The van der Waals surface area contributed by atoms with Crippen LogP contribution in [0.1, 0.15) is 24.0 Å². The first-order chi connectivity index (χ1) is 10.7. The van der Waals surface area contributed by atoms with E-state index in [2.05, 4.69) is 5.32 Å². The summed E-state index contributed by atoms with van der Waals surface area (Å²) in [5.74, 6) is 1.53. The number of ether oxygens (including phenoxy) is 2. The fourth-order valence-corrected chi connectivity index (χ4v) is 2.85. The van der Waals surface area contributed by atoms with Crippen molar-refractivity contribution in [1.29, 1.82) is 0 Å². The van der Waals surface area contributed by atoms with Crippen molar-refractivity contribution in [2.75, 3.05) is 12.1 Å². The largest absolute Gasteiger partial charge is 0.454 e. The number of amides is 1. The Morgan fingerprint density at radius 1 is 1.05 bits per heavy atom. The van der Waals surface area contributed by atoms with Crippen molar-refractivity contribution in [2.45, 2.75) is 25.2 Å². The van der Waals surface area contributed by atoms with Gasteiger partial charge in [-0.25, -0.2) is 0 Å². The first kappa shape index (κ1) is 13.2. The standard InChI is InChI=1S/C18H17NO3/c1-12-2-5-14(6-3-12)19-17(20)18(8-9-18)13-4-7-15-16(10-13)22-11-21-15/h2-7,10H,8-9,11H2,1H3,(H,19,20). The summed E-state index contributed by atoms with van der Waals surface area (Å²) in [6, 6.07) is 13.6. The number of rotatable bonds is 3. The van der Waals surface area contributed by atoms with E-state index in [-0.39, 0.29) is 12.7 Å². The fourth-order valence-electron chi connectivity index (χ4n) is 2.85. The minimum atomic E-state index is -0.425. The first-order valence-corrected chi connectivity index (χ1v) is 7.46. The van der Waals surface area contributed by atoms with E-state index in [0.29, 0.717) is 0 Å². The first-order valence-electron chi connectivity index (χ1n) is 7.46. The van der Waals surface area contributed by atoms with Gasteiger partial charge in [-0.05, 0) is 49.6 Å². The molecular weight excluding hydrogens is 278 g/mol. The zero-order chi connectivity index (χ0) is 15.2. The molecule has 1 N–H and O–H groups in total. The van der Waals surface area contributed by atoms with Crippen LogP contribution in [0, 0.1) is 6.92 Å². The van der Waals surface area contributed by atoms with Crippen LogP contribution in [0.3, 0.4) is 0 Å². The molecule has 1 heterocycles. The topological polar surface area (TPSA) is 47.6 Å². The summed E-state index contributed by atoms with van der Waals surface area (Å²) < 4.78 is 10.8. The van der Waals surface area contributed by atoms with Crippen molar-refractivity contribution in [2.24, 2.45) is 0 Å². The molecule has 4 heteroatoms. The summed E-state index contributed by atoms with van der Waals surface area (Å²) in [4.78, 5) is 12.7. The van der Waals surface area contributed by atoms with Gasteiger partial charge in [0.05, 0.1) is 5.41 Å². The molecule has 112 valence electrons. The summed E-state index contributed by atoms with van der Waals surface area (Å²) in [7, 11) is 0. The van der Waals surface area contributed by atoms with Gasteiger partial charge in [0.15, 0.2) is 11.5 Å². The van der Waals surface area contributed by atoms with Crippen LogP contribution in [0.5, 0.6) is 11.5 Å². The Hall–Kier alpha value is -2.49. The van der Waals surface area contributed by atoms with Gasteiger partial charge in [0.2, 0.25) is 12.7 Å². The maximum Gasteiger partial charge on any atom is 0.235 e. The lowest BCUT2D eigenvalue weighted by Gasteiger charge is -2.16. The summed E-state index contributed by atoms with van der Waals surface area (Å²) >= 11 is 0. The quantitative estimate of drug-likeness (QED) is 0.944. The molecule has 4 rings (SSSR count). The van der Waals surface area contributed by atoms with E-state index in [1.807, 2.05) is 49.4 Å². The second-order valence-corrected chi connectivity index (χ2v) is 5.97. The number of nitrogens with one attached hydrogen (secondary N) is 1. The molecule has 2 aromatic carbocycles. The molecule has 22 heavy (non-hydrogen) atoms. The van der Waals surface area contributed by atoms with E-state index in [9.17, 15) is 4.79 Å². The Bertz CT molecular complexity index is 732. The third-order valence-corrected chi connectivity index (χ3v) is 4.42. The molecule has 0 radical (unpaired) electrons. The number of hydrogen-bond acceptors (Lipinski definition) is 3. The average Bonchev–Trinajstić information content (AvgIpc) is 3.21. The second kappa shape index (κ2) is 4.77. The summed E-state index contributed by atoms with van der Waals surface area (Å²) in [6.45, 7) is 2.28. The highest BCUT2D eigenvalue weighted by Gasteiger charge is 2.51. The van der Waals surface area contributed by atoms with Gasteiger partial charge in [0.25, 0.3) is 0 Å². The Balaban J connectivity index is 1.58. The lowest BCUT2D eigenvalue weighted by molar-refractivity contribution is -0.118. The predicted octanol–water partition coefficient (Wildman–Crippen LogP) is 3.39. The van der Waals surface area contributed by atoms with Crippen molar-refractivity contribution in [1.82, 2.24) is 0 Å². The lowest BCUT2D eigenvalue weighted by atomic mass is 9.94. The minimum Gasteiger partial charge on any atom is -0.454 e. The van der Waals surface area contributed by atoms with Gasteiger partial charge >= 0.3 is 0 Å². The molecule has 0 saturated heterocycles. The van der Waals surface area contributed by atoms with Crippen LogP contribution in [0.25, 0.3) is 0 Å². The third kappa shape index (κ3) is 2.11. The van der Waals surface area contributed by atoms with Gasteiger partial charge < -0.3 is 14.8 Å². The molecule has 1 saturated carbocycles. The molecule has 4 nitrogen and oxygen atoms in total. The average molecular weight is 295 g/mol. The van der Waals surface area contributed by atoms with E-state index in [0.717, 1.165) is 35.6 Å². The number of fused-ring (bicyclic) bond motifs is 1. The van der Waals surface area contributed by atoms with Gasteiger partial charge in [-0.3, -0.25) is 4.79 Å². The van der Waals surface area contributed by atoms with Crippen LogP contribution in [-0.4, -0.2) is 12.7 Å².